The summed E-state index contributed by atoms with van der Waals surface area (Å²) >= 11 is 18.0. The van der Waals surface area contributed by atoms with Crippen LogP contribution in [0.3, 0.4) is 0 Å². The highest BCUT2D eigenvalue weighted by molar-refractivity contribution is 6.33. The minimum absolute atomic E-state index is 0.344. The molecule has 0 fully saturated rings. The van der Waals surface area contributed by atoms with Crippen molar-refractivity contribution in [1.29, 1.82) is 0 Å². The molecule has 1 unspecified atom stereocenters. The maximum absolute atomic E-state index is 13.2. The number of hydrogen-bond donors (Lipinski definition) is 1. The van der Waals surface area contributed by atoms with Crippen molar-refractivity contribution in [3.8, 4) is 0 Å². The topological polar surface area (TPSA) is 26.0 Å². The standard InChI is InChI=1S/C14H11Cl3FN/c15-9-1-3-13(17)11(7-9)14(19)6-8-5-10(18)2-4-12(8)16/h1-5,7,14H,6,19H2. The van der Waals surface area contributed by atoms with E-state index in [1.165, 1.54) is 18.2 Å². The van der Waals surface area contributed by atoms with Gasteiger partial charge in [-0.2, -0.15) is 0 Å². The summed E-state index contributed by atoms with van der Waals surface area (Å²) in [4.78, 5) is 0. The van der Waals surface area contributed by atoms with Crippen LogP contribution in [0.4, 0.5) is 4.39 Å². The number of rotatable bonds is 3. The zero-order chi connectivity index (χ0) is 14.0. The lowest BCUT2D eigenvalue weighted by molar-refractivity contribution is 0.622. The molecule has 1 atom stereocenters. The number of benzene rings is 2. The van der Waals surface area contributed by atoms with Crippen LogP contribution < -0.4 is 5.73 Å². The van der Waals surface area contributed by atoms with E-state index in [1.54, 1.807) is 18.2 Å². The molecule has 2 aromatic carbocycles. The molecule has 0 aromatic heterocycles. The average molecular weight is 319 g/mol. The van der Waals surface area contributed by atoms with Gasteiger partial charge in [0.15, 0.2) is 0 Å². The normalized spacial score (nSPS) is 12.5. The lowest BCUT2D eigenvalue weighted by Crippen LogP contribution is -2.14. The van der Waals surface area contributed by atoms with Gasteiger partial charge in [-0.15, -0.1) is 0 Å². The van der Waals surface area contributed by atoms with Crippen LogP contribution in [0, 0.1) is 5.82 Å². The Morgan fingerprint density at radius 3 is 2.42 bits per heavy atom. The first-order valence-electron chi connectivity index (χ1n) is 5.62. The first kappa shape index (κ1) is 14.6. The Morgan fingerprint density at radius 1 is 1.00 bits per heavy atom. The van der Waals surface area contributed by atoms with Crippen LogP contribution in [0.25, 0.3) is 0 Å². The summed E-state index contributed by atoms with van der Waals surface area (Å²) in [5.74, 6) is -0.344. The van der Waals surface area contributed by atoms with Gasteiger partial charge in [0.25, 0.3) is 0 Å². The smallest absolute Gasteiger partial charge is 0.123 e. The van der Waals surface area contributed by atoms with Gasteiger partial charge in [0.2, 0.25) is 0 Å². The minimum atomic E-state index is -0.398. The second kappa shape index (κ2) is 6.10. The highest BCUT2D eigenvalue weighted by atomic mass is 35.5. The van der Waals surface area contributed by atoms with E-state index in [4.69, 9.17) is 40.5 Å². The maximum atomic E-state index is 13.2. The van der Waals surface area contributed by atoms with Crippen molar-refractivity contribution < 1.29 is 4.39 Å². The SMILES string of the molecule is NC(Cc1cc(F)ccc1Cl)c1cc(Cl)ccc1Cl. The molecule has 0 heterocycles. The molecule has 2 rings (SSSR count). The number of hydrogen-bond acceptors (Lipinski definition) is 1. The molecule has 2 aromatic rings. The van der Waals surface area contributed by atoms with E-state index in [2.05, 4.69) is 0 Å². The van der Waals surface area contributed by atoms with Crippen LogP contribution in [0.1, 0.15) is 17.2 Å². The Labute approximate surface area is 126 Å². The zero-order valence-corrected chi connectivity index (χ0v) is 12.1. The second-order valence-electron chi connectivity index (χ2n) is 4.21. The van der Waals surface area contributed by atoms with E-state index in [9.17, 15) is 4.39 Å². The summed E-state index contributed by atoms with van der Waals surface area (Å²) in [5, 5.41) is 1.57. The predicted molar refractivity (Wildman–Crippen MR) is 78.5 cm³/mol. The number of halogens is 4. The van der Waals surface area contributed by atoms with Crippen molar-refractivity contribution in [3.63, 3.8) is 0 Å². The first-order chi connectivity index (χ1) is 8.97. The molecule has 0 aliphatic carbocycles. The van der Waals surface area contributed by atoms with Crippen LogP contribution in [-0.2, 0) is 6.42 Å². The summed E-state index contributed by atoms with van der Waals surface area (Å²) in [7, 11) is 0. The average Bonchev–Trinajstić information content (AvgIpc) is 2.36. The van der Waals surface area contributed by atoms with Crippen LogP contribution in [0.2, 0.25) is 15.1 Å². The molecular formula is C14H11Cl3FN. The van der Waals surface area contributed by atoms with Crippen LogP contribution in [-0.4, -0.2) is 0 Å². The van der Waals surface area contributed by atoms with Gasteiger partial charge in [0.1, 0.15) is 5.82 Å². The summed E-state index contributed by atoms with van der Waals surface area (Å²) in [6, 6.07) is 8.89. The van der Waals surface area contributed by atoms with Gasteiger partial charge in [-0.3, -0.25) is 0 Å². The van der Waals surface area contributed by atoms with Crippen molar-refractivity contribution >= 4 is 34.8 Å². The lowest BCUT2D eigenvalue weighted by Gasteiger charge is -2.15. The summed E-state index contributed by atoms with van der Waals surface area (Å²) in [6.45, 7) is 0. The molecule has 100 valence electrons. The van der Waals surface area contributed by atoms with Crippen molar-refractivity contribution in [2.24, 2.45) is 5.73 Å². The van der Waals surface area contributed by atoms with E-state index in [1.807, 2.05) is 0 Å². The predicted octanol–water partition coefficient (Wildman–Crippen LogP) is 5.03. The highest BCUT2D eigenvalue weighted by Gasteiger charge is 2.14. The fourth-order valence-electron chi connectivity index (χ4n) is 1.85. The quantitative estimate of drug-likeness (QED) is 0.844. The molecule has 0 saturated carbocycles. The van der Waals surface area contributed by atoms with Crippen molar-refractivity contribution in [3.05, 3.63) is 68.4 Å². The van der Waals surface area contributed by atoms with Crippen molar-refractivity contribution in [2.45, 2.75) is 12.5 Å². The largest absolute Gasteiger partial charge is 0.324 e. The third-order valence-electron chi connectivity index (χ3n) is 2.81. The molecule has 0 amide bonds. The molecular weight excluding hydrogens is 308 g/mol. The molecule has 0 bridgehead atoms. The Morgan fingerprint density at radius 2 is 1.68 bits per heavy atom. The molecule has 19 heavy (non-hydrogen) atoms. The Kier molecular flexibility index (Phi) is 4.69. The van der Waals surface area contributed by atoms with Gasteiger partial charge in [-0.1, -0.05) is 34.8 Å². The van der Waals surface area contributed by atoms with E-state index < -0.39 is 6.04 Å². The summed E-state index contributed by atoms with van der Waals surface area (Å²) in [5.41, 5.74) is 7.45. The molecule has 5 heteroatoms. The summed E-state index contributed by atoms with van der Waals surface area (Å²) < 4.78 is 13.2. The van der Waals surface area contributed by atoms with Gasteiger partial charge >= 0.3 is 0 Å². The molecule has 0 saturated heterocycles. The second-order valence-corrected chi connectivity index (χ2v) is 5.46. The van der Waals surface area contributed by atoms with Crippen LogP contribution in [0.5, 0.6) is 0 Å². The molecule has 0 aliphatic rings. The van der Waals surface area contributed by atoms with Gasteiger partial charge in [-0.25, -0.2) is 4.39 Å². The Hall–Kier alpha value is -0.800. The molecule has 0 radical (unpaired) electrons. The molecule has 0 aliphatic heterocycles. The van der Waals surface area contributed by atoms with Gasteiger partial charge in [-0.05, 0) is 53.9 Å². The van der Waals surface area contributed by atoms with E-state index >= 15 is 0 Å². The maximum Gasteiger partial charge on any atom is 0.123 e. The van der Waals surface area contributed by atoms with Gasteiger partial charge in [0, 0.05) is 21.1 Å². The van der Waals surface area contributed by atoms with E-state index in [0.717, 1.165) is 5.56 Å². The fourth-order valence-corrected chi connectivity index (χ4v) is 2.48. The van der Waals surface area contributed by atoms with Gasteiger partial charge < -0.3 is 5.73 Å². The molecule has 1 nitrogen and oxygen atoms in total. The monoisotopic (exact) mass is 317 g/mol. The minimum Gasteiger partial charge on any atom is -0.324 e. The zero-order valence-electron chi connectivity index (χ0n) is 9.84. The third-order valence-corrected chi connectivity index (χ3v) is 3.75. The van der Waals surface area contributed by atoms with Crippen molar-refractivity contribution in [2.75, 3.05) is 0 Å². The fraction of sp³-hybridized carbons (Fsp3) is 0.143. The molecule has 0 spiro atoms. The van der Waals surface area contributed by atoms with Gasteiger partial charge in [0.05, 0.1) is 0 Å². The first-order valence-corrected chi connectivity index (χ1v) is 6.75. The van der Waals surface area contributed by atoms with Crippen molar-refractivity contribution in [1.82, 2.24) is 0 Å². The lowest BCUT2D eigenvalue weighted by atomic mass is 9.99. The van der Waals surface area contributed by atoms with E-state index in [-0.39, 0.29) is 5.82 Å². The Bertz CT molecular complexity index is 601. The molecule has 2 N–H and O–H groups in total. The highest BCUT2D eigenvalue weighted by Crippen LogP contribution is 2.29. The van der Waals surface area contributed by atoms with E-state index in [0.29, 0.717) is 27.1 Å². The summed E-state index contributed by atoms with van der Waals surface area (Å²) in [6.07, 6.45) is 0.386. The Balaban J connectivity index is 2.27. The third kappa shape index (κ3) is 3.61. The number of nitrogens with two attached hydrogens (primary N) is 1. The van der Waals surface area contributed by atoms with Crippen LogP contribution >= 0.6 is 34.8 Å². The van der Waals surface area contributed by atoms with Crippen LogP contribution in [0.15, 0.2) is 36.4 Å².